The molecule has 0 saturated carbocycles. The van der Waals surface area contributed by atoms with Gasteiger partial charge < -0.3 is 9.47 Å². The minimum atomic E-state index is -4.00. The molecule has 3 rings (SSSR count). The van der Waals surface area contributed by atoms with Crippen LogP contribution in [0.5, 0.6) is 11.5 Å². The third-order valence-corrected chi connectivity index (χ3v) is 7.43. The van der Waals surface area contributed by atoms with Crippen molar-refractivity contribution in [2.75, 3.05) is 33.9 Å². The van der Waals surface area contributed by atoms with Gasteiger partial charge in [0.15, 0.2) is 23.1 Å². The summed E-state index contributed by atoms with van der Waals surface area (Å²) in [6.07, 6.45) is 3.29. The number of halogens is 3. The summed E-state index contributed by atoms with van der Waals surface area (Å²) in [4.78, 5) is 1.90. The number of hydrogen-bond donors (Lipinski definition) is 1. The van der Waals surface area contributed by atoms with Crippen LogP contribution < -0.4 is 14.2 Å². The van der Waals surface area contributed by atoms with Crippen LogP contribution in [-0.2, 0) is 23.0 Å². The molecule has 0 bridgehead atoms. The molecule has 0 amide bonds. The minimum Gasteiger partial charge on any atom is -0.493 e. The third-order valence-electron chi connectivity index (χ3n) is 5.50. The predicted octanol–water partition coefficient (Wildman–Crippen LogP) is 4.14. The van der Waals surface area contributed by atoms with Crippen LogP contribution in [0.2, 0.25) is 5.02 Å². The lowest BCUT2D eigenvalue weighted by molar-refractivity contribution is 0.247. The fourth-order valence-electron chi connectivity index (χ4n) is 3.76. The van der Waals surface area contributed by atoms with E-state index in [0.29, 0.717) is 18.6 Å². The van der Waals surface area contributed by atoms with E-state index in [-0.39, 0.29) is 11.6 Å². The van der Waals surface area contributed by atoms with Crippen molar-refractivity contribution < 1.29 is 26.7 Å². The lowest BCUT2D eigenvalue weighted by Gasteiger charge is -2.29. The zero-order valence-corrected chi connectivity index (χ0v) is 19.7. The topological polar surface area (TPSA) is 67.9 Å². The van der Waals surface area contributed by atoms with Gasteiger partial charge in [-0.2, -0.15) is 0 Å². The number of nitrogens with zero attached hydrogens (tertiary/aromatic N) is 1. The molecule has 1 aliphatic heterocycles. The van der Waals surface area contributed by atoms with Crippen LogP contribution in [0.3, 0.4) is 0 Å². The summed E-state index contributed by atoms with van der Waals surface area (Å²) in [6, 6.07) is 5.32. The molecule has 1 heterocycles. The van der Waals surface area contributed by atoms with Crippen molar-refractivity contribution in [2.45, 2.75) is 37.1 Å². The summed E-state index contributed by atoms with van der Waals surface area (Å²) in [5, 5.41) is -0.351. The molecule has 32 heavy (non-hydrogen) atoms. The summed E-state index contributed by atoms with van der Waals surface area (Å²) >= 11 is 5.76. The standard InChI is InChI=1S/C22H27ClF2N2O4S/c1-30-20-10-15-6-9-27(14-16(15)11-21(20)31-2)8-5-3-4-7-26-32(28,29)22-13-19(25)18(24)12-17(22)23/h10-13,26H,3-9,14H2,1-2H3. The molecular formula is C22H27ClF2N2O4S. The van der Waals surface area contributed by atoms with E-state index >= 15 is 0 Å². The van der Waals surface area contributed by atoms with Crippen LogP contribution in [-0.4, -0.2) is 47.2 Å². The van der Waals surface area contributed by atoms with Crippen molar-refractivity contribution in [3.63, 3.8) is 0 Å². The van der Waals surface area contributed by atoms with E-state index in [9.17, 15) is 17.2 Å². The quantitative estimate of drug-likeness (QED) is 0.402. The number of methoxy groups -OCH3 is 2. The minimum absolute atomic E-state index is 0.192. The molecule has 2 aromatic rings. The first kappa shape index (κ1) is 24.7. The fourth-order valence-corrected chi connectivity index (χ4v) is 5.36. The second-order valence-corrected chi connectivity index (χ2v) is 9.80. The Bertz CT molecular complexity index is 1070. The predicted molar refractivity (Wildman–Crippen MR) is 119 cm³/mol. The van der Waals surface area contributed by atoms with Crippen molar-refractivity contribution in [1.29, 1.82) is 0 Å². The molecule has 0 unspecified atom stereocenters. The maximum atomic E-state index is 13.4. The average Bonchev–Trinajstić information content (AvgIpc) is 2.77. The number of unbranched alkanes of at least 4 members (excludes halogenated alkanes) is 2. The van der Waals surface area contributed by atoms with Crippen LogP contribution in [0.1, 0.15) is 30.4 Å². The molecule has 2 aromatic carbocycles. The maximum absolute atomic E-state index is 13.4. The van der Waals surface area contributed by atoms with Crippen molar-refractivity contribution in [1.82, 2.24) is 9.62 Å². The van der Waals surface area contributed by atoms with Gasteiger partial charge in [0.05, 0.1) is 19.2 Å². The summed E-state index contributed by atoms with van der Waals surface area (Å²) in [5.41, 5.74) is 2.49. The van der Waals surface area contributed by atoms with Crippen molar-refractivity contribution >= 4 is 21.6 Å². The van der Waals surface area contributed by atoms with Gasteiger partial charge in [0.1, 0.15) is 4.90 Å². The highest BCUT2D eigenvalue weighted by molar-refractivity contribution is 7.89. The van der Waals surface area contributed by atoms with Gasteiger partial charge in [0, 0.05) is 19.6 Å². The van der Waals surface area contributed by atoms with E-state index < -0.39 is 26.6 Å². The van der Waals surface area contributed by atoms with Gasteiger partial charge >= 0.3 is 0 Å². The zero-order chi connectivity index (χ0) is 23.3. The molecule has 6 nitrogen and oxygen atoms in total. The van der Waals surface area contributed by atoms with Crippen molar-refractivity contribution in [2.24, 2.45) is 0 Å². The molecule has 0 aliphatic carbocycles. The van der Waals surface area contributed by atoms with Crippen LogP contribution >= 0.6 is 11.6 Å². The average molecular weight is 489 g/mol. The second kappa shape index (κ2) is 10.8. The van der Waals surface area contributed by atoms with Gasteiger partial charge in [0.25, 0.3) is 0 Å². The number of fused-ring (bicyclic) bond motifs is 1. The summed E-state index contributed by atoms with van der Waals surface area (Å²) < 4.78 is 64.3. The van der Waals surface area contributed by atoms with Crippen LogP contribution in [0, 0.1) is 11.6 Å². The molecule has 1 N–H and O–H groups in total. The summed E-state index contributed by atoms with van der Waals surface area (Å²) in [7, 11) is -0.749. The van der Waals surface area contributed by atoms with Gasteiger partial charge in [-0.25, -0.2) is 21.9 Å². The zero-order valence-electron chi connectivity index (χ0n) is 18.1. The summed E-state index contributed by atoms with van der Waals surface area (Å²) in [5.74, 6) is -0.978. The molecule has 10 heteroatoms. The second-order valence-electron chi connectivity index (χ2n) is 7.66. The first-order valence-electron chi connectivity index (χ1n) is 10.4. The first-order chi connectivity index (χ1) is 15.2. The Kier molecular flexibility index (Phi) is 8.32. The molecule has 1 aliphatic rings. The highest BCUT2D eigenvalue weighted by Gasteiger charge is 2.21. The molecule has 0 saturated heterocycles. The molecule has 0 atom stereocenters. The van der Waals surface area contributed by atoms with Crippen molar-refractivity contribution in [3.05, 3.63) is 52.0 Å². The van der Waals surface area contributed by atoms with E-state index in [0.717, 1.165) is 50.4 Å². The highest BCUT2D eigenvalue weighted by atomic mass is 35.5. The van der Waals surface area contributed by atoms with Gasteiger partial charge in [0.2, 0.25) is 10.0 Å². The summed E-state index contributed by atoms with van der Waals surface area (Å²) in [6.45, 7) is 2.87. The van der Waals surface area contributed by atoms with E-state index in [4.69, 9.17) is 21.1 Å². The Morgan fingerprint density at radius 1 is 1.00 bits per heavy atom. The molecule has 0 radical (unpaired) electrons. The van der Waals surface area contributed by atoms with Crippen LogP contribution in [0.15, 0.2) is 29.2 Å². The van der Waals surface area contributed by atoms with Crippen LogP contribution in [0.25, 0.3) is 0 Å². The normalized spacial score (nSPS) is 14.3. The number of hydrogen-bond acceptors (Lipinski definition) is 5. The smallest absolute Gasteiger partial charge is 0.242 e. The largest absolute Gasteiger partial charge is 0.493 e. The molecule has 0 aromatic heterocycles. The Morgan fingerprint density at radius 2 is 1.66 bits per heavy atom. The van der Waals surface area contributed by atoms with Gasteiger partial charge in [-0.05, 0) is 61.2 Å². The number of nitrogens with one attached hydrogen (secondary N) is 1. The van der Waals surface area contributed by atoms with E-state index in [1.165, 1.54) is 11.1 Å². The molecule has 0 fully saturated rings. The Morgan fingerprint density at radius 3 is 2.34 bits per heavy atom. The van der Waals surface area contributed by atoms with E-state index in [1.807, 2.05) is 12.1 Å². The van der Waals surface area contributed by atoms with Gasteiger partial charge in [-0.15, -0.1) is 0 Å². The Balaban J connectivity index is 1.43. The molecular weight excluding hydrogens is 462 g/mol. The van der Waals surface area contributed by atoms with E-state index in [1.54, 1.807) is 14.2 Å². The number of benzene rings is 2. The molecule has 0 spiro atoms. The molecule has 176 valence electrons. The Labute approximate surface area is 192 Å². The van der Waals surface area contributed by atoms with E-state index in [2.05, 4.69) is 9.62 Å². The number of ether oxygens (including phenoxy) is 2. The maximum Gasteiger partial charge on any atom is 0.242 e. The lowest BCUT2D eigenvalue weighted by atomic mass is 9.98. The van der Waals surface area contributed by atoms with Gasteiger partial charge in [-0.1, -0.05) is 18.0 Å². The van der Waals surface area contributed by atoms with Gasteiger partial charge in [-0.3, -0.25) is 4.90 Å². The first-order valence-corrected chi connectivity index (χ1v) is 12.2. The number of rotatable bonds is 10. The Hall–Kier alpha value is -1.94. The highest BCUT2D eigenvalue weighted by Crippen LogP contribution is 2.33. The SMILES string of the molecule is COc1cc2c(cc1OC)CN(CCCCCNS(=O)(=O)c1cc(F)c(F)cc1Cl)CC2. The van der Waals surface area contributed by atoms with Crippen molar-refractivity contribution in [3.8, 4) is 11.5 Å². The van der Waals surface area contributed by atoms with Crippen LogP contribution in [0.4, 0.5) is 8.78 Å². The lowest BCUT2D eigenvalue weighted by Crippen LogP contribution is -2.31. The monoisotopic (exact) mass is 488 g/mol. The third kappa shape index (κ3) is 5.89. The number of sulfonamides is 1. The fraction of sp³-hybridized carbons (Fsp3) is 0.455.